The maximum atomic E-state index is 4.40. The summed E-state index contributed by atoms with van der Waals surface area (Å²) in [7, 11) is 0. The topological polar surface area (TPSA) is 24.9 Å². The van der Waals surface area contributed by atoms with Crippen molar-refractivity contribution >= 4 is 11.3 Å². The van der Waals surface area contributed by atoms with Crippen molar-refractivity contribution in [1.82, 2.24) is 10.3 Å². The van der Waals surface area contributed by atoms with Gasteiger partial charge >= 0.3 is 0 Å². The quantitative estimate of drug-likeness (QED) is 0.505. The third-order valence-corrected chi connectivity index (χ3v) is 4.75. The molecule has 0 aliphatic rings. The van der Waals surface area contributed by atoms with Crippen molar-refractivity contribution in [3.05, 3.63) is 16.1 Å². The van der Waals surface area contributed by atoms with Crippen LogP contribution in [-0.4, -0.2) is 11.5 Å². The first-order valence-electron chi connectivity index (χ1n) is 8.43. The van der Waals surface area contributed by atoms with Gasteiger partial charge in [0.2, 0.25) is 0 Å². The molecule has 1 atom stereocenters. The molecular formula is C17H32N2S. The van der Waals surface area contributed by atoms with Crippen LogP contribution in [0.25, 0.3) is 0 Å². The van der Waals surface area contributed by atoms with Crippen LogP contribution in [0.4, 0.5) is 0 Å². The molecule has 0 bridgehead atoms. The number of aryl methyl sites for hydroxylation is 1. The molecule has 1 rings (SSSR count). The maximum absolute atomic E-state index is 4.40. The van der Waals surface area contributed by atoms with E-state index < -0.39 is 0 Å². The zero-order chi connectivity index (χ0) is 14.6. The molecule has 1 N–H and O–H groups in total. The van der Waals surface area contributed by atoms with E-state index in [4.69, 9.17) is 0 Å². The molecule has 0 aromatic carbocycles. The van der Waals surface area contributed by atoms with Crippen LogP contribution in [0.2, 0.25) is 0 Å². The average molecular weight is 297 g/mol. The number of unbranched alkanes of at least 4 members (excludes halogenated alkanes) is 6. The van der Waals surface area contributed by atoms with Gasteiger partial charge < -0.3 is 5.32 Å². The van der Waals surface area contributed by atoms with Gasteiger partial charge in [-0.3, -0.25) is 0 Å². The minimum atomic E-state index is 0.525. The Morgan fingerprint density at radius 2 is 1.75 bits per heavy atom. The van der Waals surface area contributed by atoms with Gasteiger partial charge in [0.15, 0.2) is 0 Å². The molecule has 1 aromatic rings. The summed E-state index contributed by atoms with van der Waals surface area (Å²) in [4.78, 5) is 5.82. The predicted octanol–water partition coefficient (Wildman–Crippen LogP) is 5.63. The van der Waals surface area contributed by atoms with Crippen molar-refractivity contribution in [2.45, 2.75) is 84.6 Å². The highest BCUT2D eigenvalue weighted by atomic mass is 32.1. The first kappa shape index (κ1) is 17.6. The third-order valence-electron chi connectivity index (χ3n) is 3.72. The van der Waals surface area contributed by atoms with E-state index in [1.165, 1.54) is 67.7 Å². The number of hydrogen-bond acceptors (Lipinski definition) is 3. The summed E-state index contributed by atoms with van der Waals surface area (Å²) >= 11 is 1.85. The van der Waals surface area contributed by atoms with E-state index in [2.05, 4.69) is 37.3 Å². The Morgan fingerprint density at radius 3 is 2.35 bits per heavy atom. The first-order chi connectivity index (χ1) is 9.77. The molecule has 0 spiro atoms. The zero-order valence-corrected chi connectivity index (χ0v) is 14.4. The van der Waals surface area contributed by atoms with Crippen LogP contribution in [0.15, 0.2) is 6.20 Å². The van der Waals surface area contributed by atoms with Crippen molar-refractivity contribution < 1.29 is 0 Å². The minimum Gasteiger partial charge on any atom is -0.309 e. The lowest BCUT2D eigenvalue weighted by atomic mass is 10.0. The Hall–Kier alpha value is -0.410. The fraction of sp³-hybridized carbons (Fsp3) is 0.824. The largest absolute Gasteiger partial charge is 0.309 e. The molecule has 0 aliphatic carbocycles. The van der Waals surface area contributed by atoms with Crippen LogP contribution < -0.4 is 5.32 Å². The summed E-state index contributed by atoms with van der Waals surface area (Å²) in [6.07, 6.45) is 14.2. The molecule has 3 heteroatoms. The van der Waals surface area contributed by atoms with Crippen LogP contribution in [0, 0.1) is 6.92 Å². The van der Waals surface area contributed by atoms with Crippen LogP contribution >= 0.6 is 11.3 Å². The molecule has 1 heterocycles. The molecule has 1 aromatic heterocycles. The normalized spacial score (nSPS) is 12.8. The van der Waals surface area contributed by atoms with Gasteiger partial charge in [0.1, 0.15) is 0 Å². The minimum absolute atomic E-state index is 0.525. The van der Waals surface area contributed by atoms with E-state index in [-0.39, 0.29) is 0 Å². The molecule has 0 aliphatic heterocycles. The molecule has 0 amide bonds. The van der Waals surface area contributed by atoms with E-state index in [0.717, 1.165) is 6.54 Å². The highest BCUT2D eigenvalue weighted by Crippen LogP contribution is 2.25. The molecule has 2 nitrogen and oxygen atoms in total. The molecule has 0 radical (unpaired) electrons. The van der Waals surface area contributed by atoms with E-state index in [9.17, 15) is 0 Å². The van der Waals surface area contributed by atoms with Crippen LogP contribution in [-0.2, 0) is 0 Å². The van der Waals surface area contributed by atoms with Gasteiger partial charge in [-0.25, -0.2) is 4.98 Å². The highest BCUT2D eigenvalue weighted by Gasteiger charge is 2.12. The van der Waals surface area contributed by atoms with Crippen molar-refractivity contribution in [2.75, 3.05) is 6.54 Å². The van der Waals surface area contributed by atoms with Crippen molar-refractivity contribution in [1.29, 1.82) is 0 Å². The summed E-state index contributed by atoms with van der Waals surface area (Å²) in [5.41, 5.74) is 0. The van der Waals surface area contributed by atoms with Crippen LogP contribution in [0.1, 0.15) is 87.6 Å². The predicted molar refractivity (Wildman–Crippen MR) is 90.5 cm³/mol. The standard InChI is InChI=1S/C17H32N2S/c1-4-6-7-8-9-10-11-12-16(18-13-5-2)17-14-19-15(3)20-17/h14,16,18H,4-13H2,1-3H3. The Morgan fingerprint density at radius 1 is 1.05 bits per heavy atom. The van der Waals surface area contributed by atoms with E-state index in [1.54, 1.807) is 0 Å². The SMILES string of the molecule is CCCCCCCCCC(NCCC)c1cnc(C)s1. The van der Waals surface area contributed by atoms with Crippen molar-refractivity contribution in [2.24, 2.45) is 0 Å². The molecule has 0 saturated carbocycles. The lowest BCUT2D eigenvalue weighted by Crippen LogP contribution is -2.21. The summed E-state index contributed by atoms with van der Waals surface area (Å²) in [6, 6.07) is 0.525. The zero-order valence-electron chi connectivity index (χ0n) is 13.6. The van der Waals surface area contributed by atoms with Crippen LogP contribution in [0.5, 0.6) is 0 Å². The average Bonchev–Trinajstić information content (AvgIpc) is 2.87. The van der Waals surface area contributed by atoms with Gasteiger partial charge in [0.05, 0.1) is 5.01 Å². The summed E-state index contributed by atoms with van der Waals surface area (Å²) in [5.74, 6) is 0. The molecule has 116 valence electrons. The fourth-order valence-corrected chi connectivity index (χ4v) is 3.40. The smallest absolute Gasteiger partial charge is 0.0897 e. The lowest BCUT2D eigenvalue weighted by molar-refractivity contribution is 0.470. The second-order valence-electron chi connectivity index (χ2n) is 5.70. The van der Waals surface area contributed by atoms with Gasteiger partial charge in [0, 0.05) is 17.1 Å². The Labute approximate surface area is 129 Å². The molecule has 0 fully saturated rings. The number of rotatable bonds is 12. The lowest BCUT2D eigenvalue weighted by Gasteiger charge is -2.16. The Bertz CT molecular complexity index is 335. The first-order valence-corrected chi connectivity index (χ1v) is 9.25. The monoisotopic (exact) mass is 296 g/mol. The molecule has 1 unspecified atom stereocenters. The van der Waals surface area contributed by atoms with Crippen LogP contribution in [0.3, 0.4) is 0 Å². The second-order valence-corrected chi connectivity index (χ2v) is 6.96. The van der Waals surface area contributed by atoms with Crippen molar-refractivity contribution in [3.8, 4) is 0 Å². The number of nitrogens with zero attached hydrogens (tertiary/aromatic N) is 1. The highest BCUT2D eigenvalue weighted by molar-refractivity contribution is 7.11. The Kier molecular flexibility index (Phi) is 9.94. The van der Waals surface area contributed by atoms with E-state index in [1.807, 2.05) is 11.3 Å². The number of hydrogen-bond donors (Lipinski definition) is 1. The molecule has 0 saturated heterocycles. The van der Waals surface area contributed by atoms with Gasteiger partial charge in [-0.2, -0.15) is 0 Å². The van der Waals surface area contributed by atoms with Gasteiger partial charge in [-0.15, -0.1) is 11.3 Å². The van der Waals surface area contributed by atoms with Gasteiger partial charge in [0.25, 0.3) is 0 Å². The summed E-state index contributed by atoms with van der Waals surface area (Å²) < 4.78 is 0. The number of aromatic nitrogens is 1. The van der Waals surface area contributed by atoms with Gasteiger partial charge in [-0.05, 0) is 26.3 Å². The molecular weight excluding hydrogens is 264 g/mol. The second kappa shape index (κ2) is 11.3. The number of nitrogens with one attached hydrogen (secondary N) is 1. The van der Waals surface area contributed by atoms with Crippen molar-refractivity contribution in [3.63, 3.8) is 0 Å². The van der Waals surface area contributed by atoms with E-state index in [0.29, 0.717) is 6.04 Å². The summed E-state index contributed by atoms with van der Waals surface area (Å²) in [6.45, 7) is 7.72. The molecule has 20 heavy (non-hydrogen) atoms. The Balaban J connectivity index is 2.23. The number of thiazole rings is 1. The summed E-state index contributed by atoms with van der Waals surface area (Å²) in [5, 5.41) is 4.86. The maximum Gasteiger partial charge on any atom is 0.0897 e. The third kappa shape index (κ3) is 7.39. The fourth-order valence-electron chi connectivity index (χ4n) is 2.51. The van der Waals surface area contributed by atoms with Gasteiger partial charge in [-0.1, -0.05) is 58.8 Å². The van der Waals surface area contributed by atoms with E-state index >= 15 is 0 Å².